The van der Waals surface area contributed by atoms with E-state index in [1.807, 2.05) is 6.92 Å². The van der Waals surface area contributed by atoms with Crippen LogP contribution < -0.4 is 16.0 Å². The molecule has 7 heteroatoms. The van der Waals surface area contributed by atoms with Crippen LogP contribution in [0, 0.1) is 0 Å². The summed E-state index contributed by atoms with van der Waals surface area (Å²) in [6, 6.07) is 8.53. The summed E-state index contributed by atoms with van der Waals surface area (Å²) in [6.45, 7) is 2.23. The van der Waals surface area contributed by atoms with Gasteiger partial charge < -0.3 is 10.5 Å². The lowest BCUT2D eigenvalue weighted by Crippen LogP contribution is -2.16. The van der Waals surface area contributed by atoms with Gasteiger partial charge in [-0.25, -0.2) is 4.98 Å². The number of nitrogens with two attached hydrogens (primary N) is 1. The molecule has 0 atom stereocenters. The maximum atomic E-state index is 12.0. The normalized spacial score (nSPS) is 10.9. The minimum absolute atomic E-state index is 0.188. The molecule has 0 saturated carbocycles. The standard InChI is InChI=1S/C14H14N4O2S/c1-2-12-17-18-13(19)7-10(16-14(18)21-12)8-20-11-5-3-9(15)4-6-11/h3-7H,2,8,15H2,1H3. The molecule has 0 amide bonds. The van der Waals surface area contributed by atoms with Gasteiger partial charge in [0.05, 0.1) is 5.69 Å². The van der Waals surface area contributed by atoms with Crippen LogP contribution in [-0.4, -0.2) is 14.6 Å². The fraction of sp³-hybridized carbons (Fsp3) is 0.214. The molecular weight excluding hydrogens is 288 g/mol. The van der Waals surface area contributed by atoms with Gasteiger partial charge in [0.25, 0.3) is 5.56 Å². The second kappa shape index (κ2) is 5.53. The number of ether oxygens (including phenoxy) is 1. The molecule has 3 rings (SSSR count). The second-order valence-electron chi connectivity index (χ2n) is 4.49. The van der Waals surface area contributed by atoms with Crippen LogP contribution in [0.4, 0.5) is 5.69 Å². The van der Waals surface area contributed by atoms with Gasteiger partial charge in [0.1, 0.15) is 17.4 Å². The van der Waals surface area contributed by atoms with Crippen LogP contribution in [0.25, 0.3) is 4.96 Å². The minimum atomic E-state index is -0.188. The molecule has 0 saturated heterocycles. The van der Waals surface area contributed by atoms with Crippen LogP contribution in [0.5, 0.6) is 5.75 Å². The second-order valence-corrected chi connectivity index (χ2v) is 5.53. The third kappa shape index (κ3) is 2.87. The highest BCUT2D eigenvalue weighted by atomic mass is 32.1. The Bertz CT molecular complexity index is 823. The summed E-state index contributed by atoms with van der Waals surface area (Å²) in [5, 5.41) is 5.09. The average molecular weight is 302 g/mol. The van der Waals surface area contributed by atoms with Crippen molar-refractivity contribution in [3.63, 3.8) is 0 Å². The van der Waals surface area contributed by atoms with Crippen molar-refractivity contribution in [2.75, 3.05) is 5.73 Å². The molecule has 2 N–H and O–H groups in total. The van der Waals surface area contributed by atoms with E-state index in [2.05, 4.69) is 10.1 Å². The van der Waals surface area contributed by atoms with E-state index in [0.29, 0.717) is 22.1 Å². The average Bonchev–Trinajstić information content (AvgIpc) is 2.90. The molecule has 0 radical (unpaired) electrons. The first-order valence-electron chi connectivity index (χ1n) is 6.52. The molecule has 108 valence electrons. The lowest BCUT2D eigenvalue weighted by Gasteiger charge is -2.05. The lowest BCUT2D eigenvalue weighted by molar-refractivity contribution is 0.301. The predicted octanol–water partition coefficient (Wildman–Crippen LogP) is 1.87. The maximum Gasteiger partial charge on any atom is 0.275 e. The molecule has 2 heterocycles. The quantitative estimate of drug-likeness (QED) is 0.744. The third-order valence-corrected chi connectivity index (χ3v) is 3.96. The number of rotatable bonds is 4. The number of nitrogen functional groups attached to an aromatic ring is 1. The van der Waals surface area contributed by atoms with E-state index in [1.165, 1.54) is 21.9 Å². The van der Waals surface area contributed by atoms with Crippen molar-refractivity contribution in [3.8, 4) is 5.75 Å². The minimum Gasteiger partial charge on any atom is -0.487 e. The number of anilines is 1. The molecule has 0 fully saturated rings. The Labute approximate surface area is 124 Å². The SMILES string of the molecule is CCc1nn2c(=O)cc(COc3ccc(N)cc3)nc2s1. The van der Waals surface area contributed by atoms with Gasteiger partial charge in [0, 0.05) is 11.8 Å². The molecule has 0 unspecified atom stereocenters. The van der Waals surface area contributed by atoms with E-state index in [-0.39, 0.29) is 12.2 Å². The van der Waals surface area contributed by atoms with Crippen LogP contribution in [-0.2, 0) is 13.0 Å². The van der Waals surface area contributed by atoms with Gasteiger partial charge in [0.2, 0.25) is 4.96 Å². The molecule has 0 aliphatic rings. The Morgan fingerprint density at radius 3 is 2.81 bits per heavy atom. The molecule has 0 aliphatic carbocycles. The van der Waals surface area contributed by atoms with Crippen molar-refractivity contribution in [2.24, 2.45) is 0 Å². The van der Waals surface area contributed by atoms with Crippen LogP contribution in [0.15, 0.2) is 35.1 Å². The highest BCUT2D eigenvalue weighted by Crippen LogP contribution is 2.15. The number of nitrogens with zero attached hydrogens (tertiary/aromatic N) is 3. The highest BCUT2D eigenvalue weighted by Gasteiger charge is 2.08. The van der Waals surface area contributed by atoms with Crippen molar-refractivity contribution >= 4 is 22.0 Å². The van der Waals surface area contributed by atoms with Gasteiger partial charge in [-0.3, -0.25) is 4.79 Å². The van der Waals surface area contributed by atoms with Gasteiger partial charge in [-0.05, 0) is 30.7 Å². The first kappa shape index (κ1) is 13.6. The summed E-state index contributed by atoms with van der Waals surface area (Å²) < 4.78 is 6.93. The Kier molecular flexibility index (Phi) is 3.57. The van der Waals surface area contributed by atoms with Gasteiger partial charge in [-0.15, -0.1) is 0 Å². The fourth-order valence-corrected chi connectivity index (χ4v) is 2.69. The molecule has 0 aliphatic heterocycles. The molecule has 0 spiro atoms. The summed E-state index contributed by atoms with van der Waals surface area (Å²) in [4.78, 5) is 17.0. The van der Waals surface area contributed by atoms with E-state index in [4.69, 9.17) is 10.5 Å². The molecule has 6 nitrogen and oxygen atoms in total. The fourth-order valence-electron chi connectivity index (χ4n) is 1.83. The summed E-state index contributed by atoms with van der Waals surface area (Å²) in [7, 11) is 0. The van der Waals surface area contributed by atoms with Crippen LogP contribution in [0.1, 0.15) is 17.6 Å². The lowest BCUT2D eigenvalue weighted by atomic mass is 10.3. The Morgan fingerprint density at radius 1 is 1.33 bits per heavy atom. The molecule has 3 aromatic rings. The number of hydrogen-bond donors (Lipinski definition) is 1. The maximum absolute atomic E-state index is 12.0. The number of aryl methyl sites for hydroxylation is 1. The van der Waals surface area contributed by atoms with Crippen molar-refractivity contribution in [1.82, 2.24) is 14.6 Å². The van der Waals surface area contributed by atoms with Gasteiger partial charge in [-0.1, -0.05) is 18.3 Å². The van der Waals surface area contributed by atoms with Crippen molar-refractivity contribution in [1.29, 1.82) is 0 Å². The number of hydrogen-bond acceptors (Lipinski definition) is 6. The summed E-state index contributed by atoms with van der Waals surface area (Å²) in [5.74, 6) is 0.685. The molecule has 21 heavy (non-hydrogen) atoms. The molecule has 1 aromatic carbocycles. The topological polar surface area (TPSA) is 82.5 Å². The Morgan fingerprint density at radius 2 is 2.10 bits per heavy atom. The van der Waals surface area contributed by atoms with E-state index in [1.54, 1.807) is 24.3 Å². The monoisotopic (exact) mass is 302 g/mol. The summed E-state index contributed by atoms with van der Waals surface area (Å²) >= 11 is 1.42. The van der Waals surface area contributed by atoms with Crippen LogP contribution in [0.2, 0.25) is 0 Å². The van der Waals surface area contributed by atoms with Gasteiger partial charge in [-0.2, -0.15) is 9.61 Å². The molecule has 2 aromatic heterocycles. The highest BCUT2D eigenvalue weighted by molar-refractivity contribution is 7.16. The zero-order valence-corrected chi connectivity index (χ0v) is 12.3. The summed E-state index contributed by atoms with van der Waals surface area (Å²) in [5.41, 5.74) is 6.69. The van der Waals surface area contributed by atoms with Gasteiger partial charge in [0.15, 0.2) is 0 Å². The first-order valence-corrected chi connectivity index (χ1v) is 7.34. The summed E-state index contributed by atoms with van der Waals surface area (Å²) in [6.07, 6.45) is 0.782. The van der Waals surface area contributed by atoms with E-state index >= 15 is 0 Å². The third-order valence-electron chi connectivity index (χ3n) is 2.91. The largest absolute Gasteiger partial charge is 0.487 e. The van der Waals surface area contributed by atoms with Crippen LogP contribution in [0.3, 0.4) is 0 Å². The van der Waals surface area contributed by atoms with Crippen molar-refractivity contribution < 1.29 is 4.74 Å². The van der Waals surface area contributed by atoms with E-state index in [9.17, 15) is 4.79 Å². The van der Waals surface area contributed by atoms with Crippen LogP contribution >= 0.6 is 11.3 Å². The first-order chi connectivity index (χ1) is 10.2. The molecule has 0 bridgehead atoms. The van der Waals surface area contributed by atoms with E-state index < -0.39 is 0 Å². The number of benzene rings is 1. The Hall–Kier alpha value is -2.41. The zero-order chi connectivity index (χ0) is 14.8. The van der Waals surface area contributed by atoms with Crippen molar-refractivity contribution in [3.05, 3.63) is 51.4 Å². The number of aromatic nitrogens is 3. The van der Waals surface area contributed by atoms with E-state index in [0.717, 1.165) is 11.4 Å². The van der Waals surface area contributed by atoms with Crippen molar-refractivity contribution in [2.45, 2.75) is 20.0 Å². The predicted molar refractivity (Wildman–Crippen MR) is 81.7 cm³/mol. The molecular formula is C14H14N4O2S. The number of fused-ring (bicyclic) bond motifs is 1. The smallest absolute Gasteiger partial charge is 0.275 e. The van der Waals surface area contributed by atoms with Gasteiger partial charge >= 0.3 is 0 Å². The zero-order valence-electron chi connectivity index (χ0n) is 11.4. The Balaban J connectivity index is 1.83.